The Morgan fingerprint density at radius 2 is 1.62 bits per heavy atom. The molecule has 0 spiro atoms. The van der Waals surface area contributed by atoms with Gasteiger partial charge in [-0.2, -0.15) is 0 Å². The lowest BCUT2D eigenvalue weighted by Gasteiger charge is -2.26. The molecule has 0 aromatic heterocycles. The summed E-state index contributed by atoms with van der Waals surface area (Å²) in [7, 11) is 2.08. The molecule has 1 aliphatic carbocycles. The minimum Gasteiger partial charge on any atom is -0.381 e. The zero-order chi connectivity index (χ0) is 11.2. The molecule has 1 aromatic carbocycles. The van der Waals surface area contributed by atoms with Gasteiger partial charge in [0.1, 0.15) is 0 Å². The van der Waals surface area contributed by atoms with Crippen molar-refractivity contribution in [3.05, 3.63) is 30.3 Å². The fourth-order valence-corrected chi connectivity index (χ4v) is 2.57. The molecule has 2 rings (SSSR count). The summed E-state index contributed by atoms with van der Waals surface area (Å²) < 4.78 is 0. The summed E-state index contributed by atoms with van der Waals surface area (Å²) in [5.74, 6) is 0. The van der Waals surface area contributed by atoms with Crippen LogP contribution in [0.4, 0.5) is 5.69 Å². The van der Waals surface area contributed by atoms with Crippen molar-refractivity contribution in [2.75, 3.05) is 12.4 Å². The van der Waals surface area contributed by atoms with Crippen LogP contribution in [-0.4, -0.2) is 19.1 Å². The van der Waals surface area contributed by atoms with E-state index < -0.39 is 0 Å². The van der Waals surface area contributed by atoms with Gasteiger partial charge in [0.2, 0.25) is 0 Å². The van der Waals surface area contributed by atoms with Gasteiger partial charge in [0, 0.05) is 17.8 Å². The van der Waals surface area contributed by atoms with E-state index in [2.05, 4.69) is 48.0 Å². The van der Waals surface area contributed by atoms with Gasteiger partial charge in [0.25, 0.3) is 0 Å². The van der Waals surface area contributed by atoms with Crippen molar-refractivity contribution in [3.8, 4) is 0 Å². The first-order chi connectivity index (χ1) is 7.90. The van der Waals surface area contributed by atoms with E-state index in [1.54, 1.807) is 0 Å². The number of benzene rings is 1. The van der Waals surface area contributed by atoms with E-state index in [1.165, 1.54) is 37.8 Å². The van der Waals surface area contributed by atoms with Crippen molar-refractivity contribution in [2.45, 2.75) is 44.2 Å². The van der Waals surface area contributed by atoms with Gasteiger partial charge in [-0.1, -0.05) is 37.5 Å². The van der Waals surface area contributed by atoms with Crippen molar-refractivity contribution in [1.82, 2.24) is 5.32 Å². The van der Waals surface area contributed by atoms with Gasteiger partial charge in [-0.25, -0.2) is 0 Å². The summed E-state index contributed by atoms with van der Waals surface area (Å²) in [6.45, 7) is 0. The Kier molecular flexibility index (Phi) is 4.23. The molecule has 0 saturated heterocycles. The predicted molar refractivity (Wildman–Crippen MR) is 69.8 cm³/mol. The average Bonchev–Trinajstić information content (AvgIpc) is 2.55. The Labute approximate surface area is 98.4 Å². The monoisotopic (exact) mass is 218 g/mol. The number of rotatable bonds is 3. The van der Waals surface area contributed by atoms with Crippen molar-refractivity contribution in [2.24, 2.45) is 0 Å². The van der Waals surface area contributed by atoms with Crippen molar-refractivity contribution >= 4 is 5.69 Å². The number of nitrogens with one attached hydrogen (secondary N) is 2. The van der Waals surface area contributed by atoms with Crippen LogP contribution in [0, 0.1) is 0 Å². The highest BCUT2D eigenvalue weighted by atomic mass is 15.0. The predicted octanol–water partition coefficient (Wildman–Crippen LogP) is 3.02. The number of hydrogen-bond acceptors (Lipinski definition) is 2. The highest BCUT2D eigenvalue weighted by Crippen LogP contribution is 2.21. The van der Waals surface area contributed by atoms with Crippen molar-refractivity contribution < 1.29 is 0 Å². The van der Waals surface area contributed by atoms with Gasteiger partial charge in [-0.3, -0.25) is 0 Å². The fraction of sp³-hybridized carbons (Fsp3) is 0.571. The maximum atomic E-state index is 3.66. The molecular weight excluding hydrogens is 196 g/mol. The van der Waals surface area contributed by atoms with E-state index in [9.17, 15) is 0 Å². The minimum absolute atomic E-state index is 0.579. The first-order valence-corrected chi connectivity index (χ1v) is 6.39. The van der Waals surface area contributed by atoms with Crippen LogP contribution in [0.1, 0.15) is 32.1 Å². The molecule has 88 valence electrons. The maximum absolute atomic E-state index is 3.66. The van der Waals surface area contributed by atoms with E-state index in [4.69, 9.17) is 0 Å². The second-order valence-corrected chi connectivity index (χ2v) is 4.65. The molecule has 0 bridgehead atoms. The molecule has 1 fully saturated rings. The van der Waals surface area contributed by atoms with Crippen molar-refractivity contribution in [3.63, 3.8) is 0 Å². The van der Waals surface area contributed by atoms with Gasteiger partial charge in [-0.15, -0.1) is 0 Å². The van der Waals surface area contributed by atoms with Crippen LogP contribution in [0.15, 0.2) is 30.3 Å². The summed E-state index contributed by atoms with van der Waals surface area (Å²) in [5, 5.41) is 7.11. The molecule has 2 unspecified atom stereocenters. The second kappa shape index (κ2) is 5.90. The lowest BCUT2D eigenvalue weighted by molar-refractivity contribution is 0.458. The topological polar surface area (TPSA) is 24.1 Å². The minimum atomic E-state index is 0.579. The lowest BCUT2D eigenvalue weighted by atomic mass is 10.0. The summed E-state index contributed by atoms with van der Waals surface area (Å²) in [4.78, 5) is 0. The highest BCUT2D eigenvalue weighted by Gasteiger charge is 2.21. The van der Waals surface area contributed by atoms with E-state index in [-0.39, 0.29) is 0 Å². The Hall–Kier alpha value is -1.02. The third kappa shape index (κ3) is 2.99. The lowest BCUT2D eigenvalue weighted by Crippen LogP contribution is -2.41. The van der Waals surface area contributed by atoms with Gasteiger partial charge in [0.15, 0.2) is 0 Å². The SMILES string of the molecule is CNC1CCCCCC1Nc1ccccc1. The molecule has 16 heavy (non-hydrogen) atoms. The third-order valence-corrected chi connectivity index (χ3v) is 3.51. The largest absolute Gasteiger partial charge is 0.381 e. The summed E-state index contributed by atoms with van der Waals surface area (Å²) >= 11 is 0. The molecule has 2 N–H and O–H groups in total. The van der Waals surface area contributed by atoms with Crippen LogP contribution in [-0.2, 0) is 0 Å². The quantitative estimate of drug-likeness (QED) is 0.762. The fourth-order valence-electron chi connectivity index (χ4n) is 2.57. The molecule has 2 heteroatoms. The zero-order valence-corrected chi connectivity index (χ0v) is 10.1. The summed E-state index contributed by atoms with van der Waals surface area (Å²) in [5.41, 5.74) is 1.25. The van der Waals surface area contributed by atoms with E-state index in [0.717, 1.165) is 0 Å². The van der Waals surface area contributed by atoms with Gasteiger partial charge in [0.05, 0.1) is 0 Å². The molecule has 2 nitrogen and oxygen atoms in total. The summed E-state index contributed by atoms with van der Waals surface area (Å²) in [6, 6.07) is 11.7. The van der Waals surface area contributed by atoms with Crippen molar-refractivity contribution in [1.29, 1.82) is 0 Å². The van der Waals surface area contributed by atoms with Crippen LogP contribution < -0.4 is 10.6 Å². The van der Waals surface area contributed by atoms with Crippen LogP contribution in [0.25, 0.3) is 0 Å². The maximum Gasteiger partial charge on any atom is 0.0414 e. The Morgan fingerprint density at radius 3 is 2.31 bits per heavy atom. The Bertz CT molecular complexity index is 297. The zero-order valence-electron chi connectivity index (χ0n) is 10.1. The summed E-state index contributed by atoms with van der Waals surface area (Å²) in [6.07, 6.45) is 6.66. The van der Waals surface area contributed by atoms with Crippen LogP contribution >= 0.6 is 0 Å². The first kappa shape index (κ1) is 11.5. The Morgan fingerprint density at radius 1 is 0.938 bits per heavy atom. The van der Waals surface area contributed by atoms with E-state index >= 15 is 0 Å². The van der Waals surface area contributed by atoms with Crippen LogP contribution in [0.3, 0.4) is 0 Å². The molecule has 1 saturated carbocycles. The van der Waals surface area contributed by atoms with Gasteiger partial charge < -0.3 is 10.6 Å². The van der Waals surface area contributed by atoms with Crippen LogP contribution in [0.5, 0.6) is 0 Å². The third-order valence-electron chi connectivity index (χ3n) is 3.51. The number of anilines is 1. The number of likely N-dealkylation sites (N-methyl/N-ethyl adjacent to an activating group) is 1. The smallest absolute Gasteiger partial charge is 0.0414 e. The van der Waals surface area contributed by atoms with E-state index in [0.29, 0.717) is 12.1 Å². The highest BCUT2D eigenvalue weighted by molar-refractivity contribution is 5.43. The first-order valence-electron chi connectivity index (χ1n) is 6.39. The molecular formula is C14H22N2. The van der Waals surface area contributed by atoms with E-state index in [1.807, 2.05) is 0 Å². The number of para-hydroxylation sites is 1. The normalized spacial score (nSPS) is 26.1. The van der Waals surface area contributed by atoms with Gasteiger partial charge in [-0.05, 0) is 32.0 Å². The molecule has 1 aromatic rings. The van der Waals surface area contributed by atoms with Crippen LogP contribution in [0.2, 0.25) is 0 Å². The van der Waals surface area contributed by atoms with Gasteiger partial charge >= 0.3 is 0 Å². The molecule has 2 atom stereocenters. The average molecular weight is 218 g/mol. The molecule has 0 aliphatic heterocycles. The molecule has 1 aliphatic rings. The Balaban J connectivity index is 2.00. The molecule has 0 amide bonds. The second-order valence-electron chi connectivity index (χ2n) is 4.65. The number of hydrogen-bond donors (Lipinski definition) is 2. The molecule has 0 heterocycles. The standard InChI is InChI=1S/C14H22N2/c1-15-13-10-6-3-7-11-14(13)16-12-8-4-2-5-9-12/h2,4-5,8-9,13-16H,3,6-7,10-11H2,1H3. The molecule has 0 radical (unpaired) electrons.